The standard InChI is InChI=1S/C13H10BrF2NO3/c1-19-13(18)12-7(2-3-20-12)6-17-11-9(15)4-8(14)5-10(11)16/h2-5,17H,6H2,1H3. The van der Waals surface area contributed by atoms with Crippen LogP contribution < -0.4 is 5.32 Å². The Morgan fingerprint density at radius 3 is 2.65 bits per heavy atom. The number of nitrogens with one attached hydrogen (secondary N) is 1. The molecule has 1 heterocycles. The molecule has 0 aliphatic heterocycles. The Hall–Kier alpha value is -1.89. The molecule has 20 heavy (non-hydrogen) atoms. The van der Waals surface area contributed by atoms with Gasteiger partial charge in [-0.05, 0) is 18.2 Å². The Kier molecular flexibility index (Phi) is 4.39. The first-order valence-corrected chi connectivity index (χ1v) is 6.35. The fourth-order valence-corrected chi connectivity index (χ4v) is 2.04. The lowest BCUT2D eigenvalue weighted by Crippen LogP contribution is -2.08. The number of anilines is 1. The number of furan rings is 1. The molecule has 0 amide bonds. The van der Waals surface area contributed by atoms with Crippen LogP contribution in [0.2, 0.25) is 0 Å². The molecule has 0 saturated heterocycles. The van der Waals surface area contributed by atoms with Crippen molar-refractivity contribution in [3.8, 4) is 0 Å². The maximum Gasteiger partial charge on any atom is 0.374 e. The van der Waals surface area contributed by atoms with E-state index in [2.05, 4.69) is 26.0 Å². The van der Waals surface area contributed by atoms with E-state index < -0.39 is 17.6 Å². The normalized spacial score (nSPS) is 10.4. The summed E-state index contributed by atoms with van der Waals surface area (Å²) in [6.07, 6.45) is 1.30. The second kappa shape index (κ2) is 6.04. The van der Waals surface area contributed by atoms with Gasteiger partial charge < -0.3 is 14.5 Å². The van der Waals surface area contributed by atoms with E-state index in [0.29, 0.717) is 10.0 Å². The summed E-state index contributed by atoms with van der Waals surface area (Å²) in [4.78, 5) is 11.4. The van der Waals surface area contributed by atoms with Crippen molar-refractivity contribution in [2.75, 3.05) is 12.4 Å². The van der Waals surface area contributed by atoms with Crippen molar-refractivity contribution in [2.45, 2.75) is 6.54 Å². The third-order valence-electron chi connectivity index (χ3n) is 2.58. The molecule has 2 aromatic rings. The smallest absolute Gasteiger partial charge is 0.374 e. The van der Waals surface area contributed by atoms with Gasteiger partial charge in [-0.2, -0.15) is 0 Å². The number of halogens is 3. The van der Waals surface area contributed by atoms with Crippen LogP contribution in [0.25, 0.3) is 0 Å². The van der Waals surface area contributed by atoms with Gasteiger partial charge in [0.25, 0.3) is 0 Å². The number of carbonyl (C=O) groups excluding carboxylic acids is 1. The summed E-state index contributed by atoms with van der Waals surface area (Å²) in [5.41, 5.74) is 0.170. The fraction of sp³-hybridized carbons (Fsp3) is 0.154. The van der Waals surface area contributed by atoms with Crippen LogP contribution >= 0.6 is 15.9 Å². The van der Waals surface area contributed by atoms with Gasteiger partial charge in [0.15, 0.2) is 0 Å². The molecule has 7 heteroatoms. The molecule has 1 aromatic carbocycles. The van der Waals surface area contributed by atoms with Crippen LogP contribution in [-0.4, -0.2) is 13.1 Å². The number of benzene rings is 1. The van der Waals surface area contributed by atoms with E-state index in [0.717, 1.165) is 12.1 Å². The molecule has 0 bridgehead atoms. The lowest BCUT2D eigenvalue weighted by molar-refractivity contribution is 0.0563. The van der Waals surface area contributed by atoms with Crippen molar-refractivity contribution < 1.29 is 22.7 Å². The van der Waals surface area contributed by atoms with Crippen molar-refractivity contribution in [2.24, 2.45) is 0 Å². The highest BCUT2D eigenvalue weighted by atomic mass is 79.9. The van der Waals surface area contributed by atoms with E-state index in [1.165, 1.54) is 19.4 Å². The van der Waals surface area contributed by atoms with Crippen molar-refractivity contribution in [3.05, 3.63) is 51.9 Å². The third-order valence-corrected chi connectivity index (χ3v) is 3.04. The van der Waals surface area contributed by atoms with E-state index >= 15 is 0 Å². The van der Waals surface area contributed by atoms with Gasteiger partial charge in [-0.3, -0.25) is 0 Å². The molecular formula is C13H10BrF2NO3. The number of rotatable bonds is 4. The number of esters is 1. The van der Waals surface area contributed by atoms with Gasteiger partial charge in [-0.1, -0.05) is 15.9 Å². The predicted octanol–water partition coefficient (Wildman–Crippen LogP) is 3.72. The van der Waals surface area contributed by atoms with Crippen molar-refractivity contribution in [1.29, 1.82) is 0 Å². The van der Waals surface area contributed by atoms with Gasteiger partial charge in [0.2, 0.25) is 5.76 Å². The largest absolute Gasteiger partial charge is 0.463 e. The molecule has 0 aliphatic rings. The highest BCUT2D eigenvalue weighted by Crippen LogP contribution is 2.24. The van der Waals surface area contributed by atoms with Crippen LogP contribution in [0.15, 0.2) is 33.4 Å². The second-order valence-electron chi connectivity index (χ2n) is 3.86. The SMILES string of the molecule is COC(=O)c1occc1CNc1c(F)cc(Br)cc1F. The fourth-order valence-electron chi connectivity index (χ4n) is 1.64. The van der Waals surface area contributed by atoms with Crippen molar-refractivity contribution in [1.82, 2.24) is 0 Å². The van der Waals surface area contributed by atoms with Gasteiger partial charge in [-0.15, -0.1) is 0 Å². The first kappa shape index (κ1) is 14.5. The van der Waals surface area contributed by atoms with Crippen molar-refractivity contribution in [3.63, 3.8) is 0 Å². The molecule has 2 rings (SSSR count). The molecule has 0 radical (unpaired) electrons. The quantitative estimate of drug-likeness (QED) is 0.858. The minimum Gasteiger partial charge on any atom is -0.463 e. The summed E-state index contributed by atoms with van der Waals surface area (Å²) in [5.74, 6) is -2.12. The van der Waals surface area contributed by atoms with Crippen LogP contribution in [-0.2, 0) is 11.3 Å². The molecule has 1 aromatic heterocycles. The Bertz CT molecular complexity index is 619. The Morgan fingerprint density at radius 1 is 1.40 bits per heavy atom. The van der Waals surface area contributed by atoms with Gasteiger partial charge in [0.1, 0.15) is 17.3 Å². The molecule has 1 N–H and O–H groups in total. The van der Waals surface area contributed by atoms with Crippen LogP contribution in [0.3, 0.4) is 0 Å². The van der Waals surface area contributed by atoms with Gasteiger partial charge in [-0.25, -0.2) is 13.6 Å². The molecule has 0 spiro atoms. The molecule has 0 atom stereocenters. The highest BCUT2D eigenvalue weighted by molar-refractivity contribution is 9.10. The summed E-state index contributed by atoms with van der Waals surface area (Å²) in [5, 5.41) is 2.59. The average molecular weight is 346 g/mol. The number of carbonyl (C=O) groups is 1. The molecule has 4 nitrogen and oxygen atoms in total. The lowest BCUT2D eigenvalue weighted by Gasteiger charge is -2.09. The average Bonchev–Trinajstić information content (AvgIpc) is 2.85. The zero-order chi connectivity index (χ0) is 14.7. The summed E-state index contributed by atoms with van der Waals surface area (Å²) >= 11 is 2.99. The Morgan fingerprint density at radius 2 is 2.05 bits per heavy atom. The summed E-state index contributed by atoms with van der Waals surface area (Å²) in [7, 11) is 1.22. The van der Waals surface area contributed by atoms with Crippen LogP contribution in [0.1, 0.15) is 16.1 Å². The van der Waals surface area contributed by atoms with Gasteiger partial charge >= 0.3 is 5.97 Å². The summed E-state index contributed by atoms with van der Waals surface area (Å²) < 4.78 is 37.0. The third kappa shape index (κ3) is 2.98. The zero-order valence-electron chi connectivity index (χ0n) is 10.4. The van der Waals surface area contributed by atoms with E-state index in [1.807, 2.05) is 0 Å². The van der Waals surface area contributed by atoms with E-state index in [1.54, 1.807) is 0 Å². The molecule has 106 valence electrons. The van der Waals surface area contributed by atoms with Crippen LogP contribution in [0.5, 0.6) is 0 Å². The van der Waals surface area contributed by atoms with E-state index in [-0.39, 0.29) is 18.0 Å². The Labute approximate surface area is 121 Å². The number of ether oxygens (including phenoxy) is 1. The minimum absolute atomic E-state index is 0.00192. The van der Waals surface area contributed by atoms with E-state index in [4.69, 9.17) is 4.42 Å². The zero-order valence-corrected chi connectivity index (χ0v) is 12.0. The van der Waals surface area contributed by atoms with E-state index in [9.17, 15) is 13.6 Å². The lowest BCUT2D eigenvalue weighted by atomic mass is 10.2. The molecule has 0 unspecified atom stereocenters. The van der Waals surface area contributed by atoms with Crippen molar-refractivity contribution >= 4 is 27.6 Å². The number of methoxy groups -OCH3 is 1. The second-order valence-corrected chi connectivity index (χ2v) is 4.78. The molecule has 0 saturated carbocycles. The first-order chi connectivity index (χ1) is 9.52. The van der Waals surface area contributed by atoms with Crippen LogP contribution in [0, 0.1) is 11.6 Å². The van der Waals surface area contributed by atoms with Gasteiger partial charge in [0, 0.05) is 16.6 Å². The predicted molar refractivity (Wildman–Crippen MR) is 71.4 cm³/mol. The molecule has 0 aliphatic carbocycles. The maximum atomic E-state index is 13.6. The number of hydrogen-bond acceptors (Lipinski definition) is 4. The monoisotopic (exact) mass is 345 g/mol. The summed E-state index contributed by atoms with van der Waals surface area (Å²) in [6, 6.07) is 3.80. The molecule has 0 fully saturated rings. The maximum absolute atomic E-state index is 13.6. The highest BCUT2D eigenvalue weighted by Gasteiger charge is 2.17. The Balaban J connectivity index is 2.18. The van der Waals surface area contributed by atoms with Gasteiger partial charge in [0.05, 0.1) is 13.4 Å². The molecular weight excluding hydrogens is 336 g/mol. The topological polar surface area (TPSA) is 51.5 Å². The minimum atomic E-state index is -0.736. The summed E-state index contributed by atoms with van der Waals surface area (Å²) in [6.45, 7) is 0.0242. The first-order valence-electron chi connectivity index (χ1n) is 5.56. The number of hydrogen-bond donors (Lipinski definition) is 1. The van der Waals surface area contributed by atoms with Crippen LogP contribution in [0.4, 0.5) is 14.5 Å².